The molecule has 186 valence electrons. The van der Waals surface area contributed by atoms with Crippen LogP contribution in [0, 0.1) is 12.3 Å². The Morgan fingerprint density at radius 2 is 1.20 bits per heavy atom. The SMILES string of the molecule is C#Cc1ccc(C(C)C)cc1.COC(=O)c1cccc(C(C)C)c1.COc1ccc(C(C)C)cc1. The number of carbonyl (C=O) groups excluding carboxylic acids is 1. The Morgan fingerprint density at radius 1 is 0.714 bits per heavy atom. The Labute approximate surface area is 212 Å². The Bertz CT molecular complexity index is 1050. The summed E-state index contributed by atoms with van der Waals surface area (Å²) in [5, 5.41) is 0. The van der Waals surface area contributed by atoms with Crippen LogP contribution in [0.1, 0.15) is 91.9 Å². The highest BCUT2D eigenvalue weighted by atomic mass is 16.5. The molecule has 0 spiro atoms. The van der Waals surface area contributed by atoms with Gasteiger partial charge in [-0.15, -0.1) is 6.42 Å². The number of benzene rings is 3. The van der Waals surface area contributed by atoms with Crippen molar-refractivity contribution in [2.24, 2.45) is 0 Å². The molecule has 0 aromatic heterocycles. The summed E-state index contributed by atoms with van der Waals surface area (Å²) in [6.07, 6.45) is 5.23. The minimum Gasteiger partial charge on any atom is -0.497 e. The van der Waals surface area contributed by atoms with Crippen molar-refractivity contribution in [3.8, 4) is 18.1 Å². The monoisotopic (exact) mass is 472 g/mol. The second kappa shape index (κ2) is 15.4. The minimum absolute atomic E-state index is 0.275. The van der Waals surface area contributed by atoms with E-state index in [1.807, 2.05) is 42.5 Å². The van der Waals surface area contributed by atoms with Gasteiger partial charge in [-0.05, 0) is 70.8 Å². The summed E-state index contributed by atoms with van der Waals surface area (Å²) in [7, 11) is 3.08. The standard InChI is InChI=1S/C11H14O2.C11H12.C10H14O/c1-8(2)9-5-4-6-10(7-9)11(12)13-3;1-4-10-5-7-11(8-6-10)9(2)3;1-8(2)9-4-6-10(11-3)7-5-9/h4-8H,1-3H3;1,5-9H,2-3H3;4-8H,1-3H3. The van der Waals surface area contributed by atoms with E-state index < -0.39 is 0 Å². The molecular weight excluding hydrogens is 432 g/mol. The molecule has 3 aromatic carbocycles. The summed E-state index contributed by atoms with van der Waals surface area (Å²) in [6, 6.07) is 23.8. The Morgan fingerprint density at radius 3 is 1.60 bits per heavy atom. The maximum Gasteiger partial charge on any atom is 0.337 e. The van der Waals surface area contributed by atoms with Gasteiger partial charge in [-0.2, -0.15) is 0 Å². The summed E-state index contributed by atoms with van der Waals surface area (Å²) in [5.41, 5.74) is 5.42. The third kappa shape index (κ3) is 10.5. The topological polar surface area (TPSA) is 35.5 Å². The Kier molecular flexibility index (Phi) is 13.0. The number of terminal acetylenes is 1. The van der Waals surface area contributed by atoms with Gasteiger partial charge in [0.1, 0.15) is 5.75 Å². The summed E-state index contributed by atoms with van der Waals surface area (Å²) >= 11 is 0. The van der Waals surface area contributed by atoms with Crippen molar-refractivity contribution >= 4 is 5.97 Å². The van der Waals surface area contributed by atoms with Gasteiger partial charge in [0.25, 0.3) is 0 Å². The summed E-state index contributed by atoms with van der Waals surface area (Å²) in [4.78, 5) is 11.2. The van der Waals surface area contributed by atoms with Crippen LogP contribution in [0.3, 0.4) is 0 Å². The first-order valence-corrected chi connectivity index (χ1v) is 12.0. The molecule has 0 saturated carbocycles. The molecule has 0 heterocycles. The molecule has 3 rings (SSSR count). The highest BCUT2D eigenvalue weighted by Crippen LogP contribution is 2.18. The number of hydrogen-bond acceptors (Lipinski definition) is 3. The van der Waals surface area contributed by atoms with Crippen LogP contribution in [0.5, 0.6) is 5.75 Å². The lowest BCUT2D eigenvalue weighted by Gasteiger charge is -2.06. The summed E-state index contributed by atoms with van der Waals surface area (Å²) < 4.78 is 9.68. The van der Waals surface area contributed by atoms with E-state index in [4.69, 9.17) is 11.2 Å². The Balaban J connectivity index is 0.000000264. The third-order valence-electron chi connectivity index (χ3n) is 5.50. The first-order valence-electron chi connectivity index (χ1n) is 12.0. The van der Waals surface area contributed by atoms with Crippen LogP contribution in [-0.2, 0) is 4.74 Å². The second-order valence-corrected chi connectivity index (χ2v) is 9.12. The highest BCUT2D eigenvalue weighted by Gasteiger charge is 2.06. The highest BCUT2D eigenvalue weighted by molar-refractivity contribution is 5.89. The number of rotatable bonds is 5. The normalized spacial score (nSPS) is 10.0. The van der Waals surface area contributed by atoms with Gasteiger partial charge in [0.05, 0.1) is 19.8 Å². The predicted octanol–water partition coefficient (Wildman–Crippen LogP) is 8.21. The lowest BCUT2D eigenvalue weighted by atomic mass is 10.0. The fraction of sp³-hybridized carbons (Fsp3) is 0.344. The molecule has 0 saturated heterocycles. The number of esters is 1. The van der Waals surface area contributed by atoms with Gasteiger partial charge in [-0.1, -0.05) is 83.9 Å². The van der Waals surface area contributed by atoms with Crippen molar-refractivity contribution < 1.29 is 14.3 Å². The van der Waals surface area contributed by atoms with Crippen molar-refractivity contribution in [1.29, 1.82) is 0 Å². The fourth-order valence-corrected chi connectivity index (χ4v) is 3.10. The van der Waals surface area contributed by atoms with Crippen molar-refractivity contribution in [2.75, 3.05) is 14.2 Å². The minimum atomic E-state index is -0.275. The van der Waals surface area contributed by atoms with E-state index in [0.717, 1.165) is 16.9 Å². The van der Waals surface area contributed by atoms with E-state index in [1.54, 1.807) is 13.2 Å². The largest absolute Gasteiger partial charge is 0.497 e. The number of ether oxygens (including phenoxy) is 2. The molecule has 0 atom stereocenters. The molecule has 3 heteroatoms. The zero-order valence-corrected chi connectivity index (χ0v) is 22.5. The number of carbonyl (C=O) groups is 1. The van der Waals surface area contributed by atoms with Gasteiger partial charge < -0.3 is 9.47 Å². The maximum atomic E-state index is 11.2. The summed E-state index contributed by atoms with van der Waals surface area (Å²) in [5.74, 6) is 4.86. The average molecular weight is 473 g/mol. The van der Waals surface area contributed by atoms with Gasteiger partial charge in [0.2, 0.25) is 0 Å². The lowest BCUT2D eigenvalue weighted by Crippen LogP contribution is -2.01. The third-order valence-corrected chi connectivity index (χ3v) is 5.50. The van der Waals surface area contributed by atoms with E-state index >= 15 is 0 Å². The van der Waals surface area contributed by atoms with Crippen LogP contribution in [0.2, 0.25) is 0 Å². The van der Waals surface area contributed by atoms with E-state index in [-0.39, 0.29) is 5.97 Å². The smallest absolute Gasteiger partial charge is 0.337 e. The second-order valence-electron chi connectivity index (χ2n) is 9.12. The number of hydrogen-bond donors (Lipinski definition) is 0. The lowest BCUT2D eigenvalue weighted by molar-refractivity contribution is 0.0600. The van der Waals surface area contributed by atoms with Crippen molar-refractivity contribution in [3.63, 3.8) is 0 Å². The van der Waals surface area contributed by atoms with Gasteiger partial charge in [-0.25, -0.2) is 4.79 Å². The predicted molar refractivity (Wildman–Crippen MR) is 147 cm³/mol. The van der Waals surface area contributed by atoms with E-state index in [1.165, 1.54) is 18.2 Å². The maximum absolute atomic E-state index is 11.2. The quantitative estimate of drug-likeness (QED) is 0.277. The number of methoxy groups -OCH3 is 2. The van der Waals surface area contributed by atoms with Gasteiger partial charge in [0.15, 0.2) is 0 Å². The van der Waals surface area contributed by atoms with Crippen molar-refractivity contribution in [2.45, 2.75) is 59.3 Å². The van der Waals surface area contributed by atoms with Gasteiger partial charge in [-0.3, -0.25) is 0 Å². The van der Waals surface area contributed by atoms with Crippen LogP contribution >= 0.6 is 0 Å². The van der Waals surface area contributed by atoms with Crippen LogP contribution < -0.4 is 4.74 Å². The molecule has 0 fully saturated rings. The molecule has 0 N–H and O–H groups in total. The molecule has 0 aliphatic rings. The average Bonchev–Trinajstić information content (AvgIpc) is 2.89. The van der Waals surface area contributed by atoms with Gasteiger partial charge >= 0.3 is 5.97 Å². The zero-order valence-electron chi connectivity index (χ0n) is 22.5. The van der Waals surface area contributed by atoms with Crippen molar-refractivity contribution in [3.05, 3.63) is 101 Å². The molecule has 0 bridgehead atoms. The molecule has 0 unspecified atom stereocenters. The Hall–Kier alpha value is -3.51. The molecular formula is C32H40O3. The van der Waals surface area contributed by atoms with Gasteiger partial charge in [0, 0.05) is 5.56 Å². The zero-order chi connectivity index (χ0) is 26.4. The van der Waals surface area contributed by atoms with Crippen LogP contribution in [0.25, 0.3) is 0 Å². The first kappa shape index (κ1) is 29.5. The van der Waals surface area contributed by atoms with E-state index in [9.17, 15) is 4.79 Å². The molecule has 0 radical (unpaired) electrons. The molecule has 0 amide bonds. The van der Waals surface area contributed by atoms with Crippen LogP contribution in [0.15, 0.2) is 72.8 Å². The molecule has 3 aromatic rings. The van der Waals surface area contributed by atoms with E-state index in [2.05, 4.69) is 76.5 Å². The fourth-order valence-electron chi connectivity index (χ4n) is 3.10. The summed E-state index contributed by atoms with van der Waals surface area (Å²) in [6.45, 7) is 12.9. The molecule has 35 heavy (non-hydrogen) atoms. The molecule has 3 nitrogen and oxygen atoms in total. The van der Waals surface area contributed by atoms with Crippen LogP contribution in [0.4, 0.5) is 0 Å². The van der Waals surface area contributed by atoms with Crippen molar-refractivity contribution in [1.82, 2.24) is 0 Å². The van der Waals surface area contributed by atoms with E-state index in [0.29, 0.717) is 23.3 Å². The molecule has 0 aliphatic carbocycles. The van der Waals surface area contributed by atoms with Crippen LogP contribution in [-0.4, -0.2) is 20.2 Å². The molecule has 0 aliphatic heterocycles. The first-order chi connectivity index (χ1) is 16.6.